The van der Waals surface area contributed by atoms with E-state index in [2.05, 4.69) is 23.9 Å². The summed E-state index contributed by atoms with van der Waals surface area (Å²) in [5.41, 5.74) is 0. The standard InChI is InChI=1S/C12H21N3O2/c1-3-6-15-12(13-10-14-15)9-11(16)5-8-17-7-4-2/h10H,3-9H2,1-2H3. The van der Waals surface area contributed by atoms with E-state index < -0.39 is 0 Å². The van der Waals surface area contributed by atoms with Crippen LogP contribution in [0.5, 0.6) is 0 Å². The van der Waals surface area contributed by atoms with Crippen molar-refractivity contribution in [2.24, 2.45) is 0 Å². The molecule has 0 N–H and O–H groups in total. The van der Waals surface area contributed by atoms with Crippen molar-refractivity contribution in [2.45, 2.75) is 46.1 Å². The minimum absolute atomic E-state index is 0.159. The van der Waals surface area contributed by atoms with Crippen LogP contribution in [0.3, 0.4) is 0 Å². The fraction of sp³-hybridized carbons (Fsp3) is 0.750. The Bertz CT molecular complexity index is 336. The molecule has 0 saturated heterocycles. The quantitative estimate of drug-likeness (QED) is 0.614. The van der Waals surface area contributed by atoms with Gasteiger partial charge in [-0.15, -0.1) is 0 Å². The first-order valence-corrected chi connectivity index (χ1v) is 6.24. The third-order valence-electron chi connectivity index (χ3n) is 2.36. The molecule has 0 spiro atoms. The van der Waals surface area contributed by atoms with Gasteiger partial charge in [0.05, 0.1) is 13.0 Å². The fourth-order valence-electron chi connectivity index (χ4n) is 1.52. The number of ketones is 1. The molecule has 0 unspecified atom stereocenters. The fourth-order valence-corrected chi connectivity index (χ4v) is 1.52. The summed E-state index contributed by atoms with van der Waals surface area (Å²) >= 11 is 0. The number of aryl methyl sites for hydroxylation is 1. The first-order chi connectivity index (χ1) is 8.27. The lowest BCUT2D eigenvalue weighted by Crippen LogP contribution is -2.13. The van der Waals surface area contributed by atoms with Gasteiger partial charge in [-0.25, -0.2) is 9.67 Å². The highest BCUT2D eigenvalue weighted by molar-refractivity contribution is 5.80. The van der Waals surface area contributed by atoms with Gasteiger partial charge in [-0.1, -0.05) is 13.8 Å². The van der Waals surface area contributed by atoms with Crippen LogP contribution in [0.1, 0.15) is 38.9 Å². The monoisotopic (exact) mass is 239 g/mol. The number of carbonyl (C=O) groups excluding carboxylic acids is 1. The van der Waals surface area contributed by atoms with E-state index in [0.717, 1.165) is 31.8 Å². The van der Waals surface area contributed by atoms with Gasteiger partial charge in [-0.3, -0.25) is 4.79 Å². The Morgan fingerprint density at radius 2 is 2.18 bits per heavy atom. The number of hydrogen-bond donors (Lipinski definition) is 0. The molecule has 0 aromatic carbocycles. The van der Waals surface area contributed by atoms with E-state index in [1.54, 1.807) is 4.68 Å². The second kappa shape index (κ2) is 7.95. The summed E-state index contributed by atoms with van der Waals surface area (Å²) in [5.74, 6) is 0.916. The average Bonchev–Trinajstić information content (AvgIpc) is 2.73. The summed E-state index contributed by atoms with van der Waals surface area (Å²) in [7, 11) is 0. The van der Waals surface area contributed by atoms with Crippen molar-refractivity contribution < 1.29 is 9.53 Å². The molecule has 0 aliphatic carbocycles. The number of nitrogens with zero attached hydrogens (tertiary/aromatic N) is 3. The molecule has 0 atom stereocenters. The third-order valence-corrected chi connectivity index (χ3v) is 2.36. The van der Waals surface area contributed by atoms with Gasteiger partial charge in [0.25, 0.3) is 0 Å². The van der Waals surface area contributed by atoms with Crippen LogP contribution in [0.4, 0.5) is 0 Å². The Balaban J connectivity index is 2.31. The average molecular weight is 239 g/mol. The number of rotatable bonds is 9. The Labute approximate surface area is 102 Å². The van der Waals surface area contributed by atoms with Gasteiger partial charge in [0.1, 0.15) is 17.9 Å². The van der Waals surface area contributed by atoms with Gasteiger partial charge >= 0.3 is 0 Å². The second-order valence-electron chi connectivity index (χ2n) is 3.98. The van der Waals surface area contributed by atoms with Gasteiger partial charge in [-0.05, 0) is 12.8 Å². The highest BCUT2D eigenvalue weighted by Gasteiger charge is 2.09. The van der Waals surface area contributed by atoms with Crippen LogP contribution in [-0.4, -0.2) is 33.8 Å². The largest absolute Gasteiger partial charge is 0.381 e. The van der Waals surface area contributed by atoms with E-state index in [0.29, 0.717) is 19.4 Å². The van der Waals surface area contributed by atoms with E-state index in [1.807, 2.05) is 0 Å². The van der Waals surface area contributed by atoms with Crippen LogP contribution in [0.2, 0.25) is 0 Å². The van der Waals surface area contributed by atoms with Crippen molar-refractivity contribution in [2.75, 3.05) is 13.2 Å². The Morgan fingerprint density at radius 3 is 2.88 bits per heavy atom. The molecule has 1 aromatic heterocycles. The molecule has 0 bridgehead atoms. The zero-order valence-electron chi connectivity index (χ0n) is 10.7. The number of ether oxygens (including phenoxy) is 1. The molecular weight excluding hydrogens is 218 g/mol. The highest BCUT2D eigenvalue weighted by atomic mass is 16.5. The predicted octanol–water partition coefficient (Wildman–Crippen LogP) is 1.62. The van der Waals surface area contributed by atoms with Crippen molar-refractivity contribution >= 4 is 5.78 Å². The van der Waals surface area contributed by atoms with Crippen molar-refractivity contribution in [3.8, 4) is 0 Å². The SMILES string of the molecule is CCCOCCC(=O)Cc1ncnn1CCC. The molecule has 17 heavy (non-hydrogen) atoms. The minimum atomic E-state index is 0.159. The van der Waals surface area contributed by atoms with E-state index >= 15 is 0 Å². The van der Waals surface area contributed by atoms with Crippen LogP contribution in [0, 0.1) is 0 Å². The van der Waals surface area contributed by atoms with Crippen LogP contribution in [0.25, 0.3) is 0 Å². The summed E-state index contributed by atoms with van der Waals surface area (Å²) < 4.78 is 7.08. The number of hydrogen-bond acceptors (Lipinski definition) is 4. The molecule has 96 valence electrons. The maximum atomic E-state index is 11.7. The highest BCUT2D eigenvalue weighted by Crippen LogP contribution is 2.00. The van der Waals surface area contributed by atoms with Gasteiger partial charge in [0.2, 0.25) is 0 Å². The molecule has 0 radical (unpaired) electrons. The van der Waals surface area contributed by atoms with Gasteiger partial charge in [0.15, 0.2) is 0 Å². The van der Waals surface area contributed by atoms with Crippen LogP contribution in [0.15, 0.2) is 6.33 Å². The molecular formula is C12H21N3O2. The van der Waals surface area contributed by atoms with Crippen LogP contribution in [-0.2, 0) is 22.5 Å². The lowest BCUT2D eigenvalue weighted by Gasteiger charge is -2.04. The third kappa shape index (κ3) is 5.08. The Morgan fingerprint density at radius 1 is 1.35 bits per heavy atom. The molecule has 1 heterocycles. The Kier molecular flexibility index (Phi) is 6.47. The molecule has 0 fully saturated rings. The maximum Gasteiger partial charge on any atom is 0.142 e. The topological polar surface area (TPSA) is 57.0 Å². The van der Waals surface area contributed by atoms with Crippen LogP contribution < -0.4 is 0 Å². The normalized spacial score (nSPS) is 10.7. The van der Waals surface area contributed by atoms with Gasteiger partial charge in [0, 0.05) is 19.6 Å². The molecule has 0 amide bonds. The summed E-state index contributed by atoms with van der Waals surface area (Å²) in [6.07, 6.45) is 4.30. The summed E-state index contributed by atoms with van der Waals surface area (Å²) in [6.45, 7) is 6.17. The Hall–Kier alpha value is -1.23. The zero-order valence-corrected chi connectivity index (χ0v) is 10.7. The molecule has 0 aliphatic heterocycles. The van der Waals surface area contributed by atoms with Crippen molar-refractivity contribution in [3.63, 3.8) is 0 Å². The van der Waals surface area contributed by atoms with E-state index in [1.165, 1.54) is 6.33 Å². The van der Waals surface area contributed by atoms with Crippen LogP contribution >= 0.6 is 0 Å². The molecule has 0 saturated carbocycles. The van der Waals surface area contributed by atoms with Crippen molar-refractivity contribution in [1.29, 1.82) is 0 Å². The lowest BCUT2D eigenvalue weighted by molar-refractivity contribution is -0.119. The number of Topliss-reactive ketones (excluding diaryl/α,β-unsaturated/α-hetero) is 1. The predicted molar refractivity (Wildman–Crippen MR) is 64.8 cm³/mol. The molecule has 1 rings (SSSR count). The summed E-state index contributed by atoms with van der Waals surface area (Å²) in [5, 5.41) is 4.09. The molecule has 1 aromatic rings. The first-order valence-electron chi connectivity index (χ1n) is 6.24. The van der Waals surface area contributed by atoms with Crippen molar-refractivity contribution in [3.05, 3.63) is 12.2 Å². The van der Waals surface area contributed by atoms with E-state index in [9.17, 15) is 4.79 Å². The maximum absolute atomic E-state index is 11.7. The number of carbonyl (C=O) groups is 1. The molecule has 5 nitrogen and oxygen atoms in total. The number of aromatic nitrogens is 3. The van der Waals surface area contributed by atoms with Gasteiger partial charge < -0.3 is 4.74 Å². The second-order valence-corrected chi connectivity index (χ2v) is 3.98. The van der Waals surface area contributed by atoms with E-state index in [-0.39, 0.29) is 5.78 Å². The minimum Gasteiger partial charge on any atom is -0.381 e. The summed E-state index contributed by atoms with van der Waals surface area (Å²) in [4.78, 5) is 15.8. The lowest BCUT2D eigenvalue weighted by atomic mass is 10.2. The molecule has 5 heteroatoms. The van der Waals surface area contributed by atoms with Crippen molar-refractivity contribution in [1.82, 2.24) is 14.8 Å². The first kappa shape index (κ1) is 13.8. The molecule has 0 aliphatic rings. The van der Waals surface area contributed by atoms with E-state index in [4.69, 9.17) is 4.74 Å². The smallest absolute Gasteiger partial charge is 0.142 e. The summed E-state index contributed by atoms with van der Waals surface area (Å²) in [6, 6.07) is 0. The zero-order chi connectivity index (χ0) is 12.5. The van der Waals surface area contributed by atoms with Gasteiger partial charge in [-0.2, -0.15) is 5.10 Å².